The van der Waals surface area contributed by atoms with Crippen LogP contribution in [-0.4, -0.2) is 7.11 Å². The summed E-state index contributed by atoms with van der Waals surface area (Å²) in [6.45, 7) is 0. The summed E-state index contributed by atoms with van der Waals surface area (Å²) in [4.78, 5) is 0. The second-order valence-electron chi connectivity index (χ2n) is 3.99. The van der Waals surface area contributed by atoms with Crippen LogP contribution in [0.2, 0.25) is 0 Å². The second kappa shape index (κ2) is 6.26. The SMILES string of the molecule is COc1ccc(C(C#N)Nc2ccc(Br)cc2)cc1. The minimum Gasteiger partial charge on any atom is -0.497 e. The van der Waals surface area contributed by atoms with Gasteiger partial charge in [0.1, 0.15) is 11.8 Å². The normalized spacial score (nSPS) is 11.4. The highest BCUT2D eigenvalue weighted by atomic mass is 79.9. The zero-order valence-electron chi connectivity index (χ0n) is 10.4. The fraction of sp³-hybridized carbons (Fsp3) is 0.133. The van der Waals surface area contributed by atoms with E-state index >= 15 is 0 Å². The van der Waals surface area contributed by atoms with Gasteiger partial charge in [0.15, 0.2) is 0 Å². The Hall–Kier alpha value is -1.99. The fourth-order valence-electron chi connectivity index (χ4n) is 1.70. The van der Waals surface area contributed by atoms with E-state index in [1.54, 1.807) is 7.11 Å². The molecule has 2 aromatic carbocycles. The number of nitrogens with one attached hydrogen (secondary N) is 1. The van der Waals surface area contributed by atoms with Crippen LogP contribution in [0.25, 0.3) is 0 Å². The number of nitriles is 1. The standard InChI is InChI=1S/C15H13BrN2O/c1-19-14-8-2-11(3-9-14)15(10-17)18-13-6-4-12(16)5-7-13/h2-9,15,18H,1H3. The Kier molecular flexibility index (Phi) is 4.43. The van der Waals surface area contributed by atoms with E-state index in [1.165, 1.54) is 0 Å². The van der Waals surface area contributed by atoms with Crippen molar-refractivity contribution in [2.75, 3.05) is 12.4 Å². The molecule has 2 aromatic rings. The Morgan fingerprint density at radius 1 is 1.11 bits per heavy atom. The molecule has 96 valence electrons. The number of anilines is 1. The van der Waals surface area contributed by atoms with Crippen LogP contribution in [0.5, 0.6) is 5.75 Å². The van der Waals surface area contributed by atoms with Gasteiger partial charge in [-0.3, -0.25) is 0 Å². The van der Waals surface area contributed by atoms with Crippen LogP contribution in [0.3, 0.4) is 0 Å². The summed E-state index contributed by atoms with van der Waals surface area (Å²) < 4.78 is 6.12. The van der Waals surface area contributed by atoms with Crippen LogP contribution >= 0.6 is 15.9 Å². The molecule has 0 aliphatic heterocycles. The Morgan fingerprint density at radius 3 is 2.26 bits per heavy atom. The van der Waals surface area contributed by atoms with Crippen molar-refractivity contribution in [1.29, 1.82) is 5.26 Å². The molecule has 3 nitrogen and oxygen atoms in total. The highest BCUT2D eigenvalue weighted by Crippen LogP contribution is 2.22. The third kappa shape index (κ3) is 3.49. The van der Waals surface area contributed by atoms with Crippen LogP contribution < -0.4 is 10.1 Å². The molecule has 0 saturated carbocycles. The minimum absolute atomic E-state index is 0.382. The number of halogens is 1. The molecule has 1 unspecified atom stereocenters. The van der Waals surface area contributed by atoms with E-state index in [0.29, 0.717) is 0 Å². The highest BCUT2D eigenvalue weighted by Gasteiger charge is 2.10. The Labute approximate surface area is 121 Å². The van der Waals surface area contributed by atoms with Gasteiger partial charge in [-0.2, -0.15) is 5.26 Å². The molecule has 0 heterocycles. The summed E-state index contributed by atoms with van der Waals surface area (Å²) in [5.74, 6) is 0.782. The van der Waals surface area contributed by atoms with Crippen molar-refractivity contribution in [3.63, 3.8) is 0 Å². The summed E-state index contributed by atoms with van der Waals surface area (Å²) in [5, 5.41) is 12.5. The summed E-state index contributed by atoms with van der Waals surface area (Å²) in [7, 11) is 1.62. The average molecular weight is 317 g/mol. The second-order valence-corrected chi connectivity index (χ2v) is 4.90. The molecule has 0 aromatic heterocycles. The first kappa shape index (κ1) is 13.4. The molecule has 2 rings (SSSR count). The number of hydrogen-bond donors (Lipinski definition) is 1. The Bertz CT molecular complexity index is 573. The van der Waals surface area contributed by atoms with Crippen molar-refractivity contribution < 1.29 is 4.74 Å². The zero-order chi connectivity index (χ0) is 13.7. The van der Waals surface area contributed by atoms with Crippen LogP contribution in [0, 0.1) is 11.3 Å². The van der Waals surface area contributed by atoms with Crippen molar-refractivity contribution >= 4 is 21.6 Å². The molecule has 0 radical (unpaired) electrons. The molecule has 4 heteroatoms. The lowest BCUT2D eigenvalue weighted by molar-refractivity contribution is 0.414. The Morgan fingerprint density at radius 2 is 1.74 bits per heavy atom. The maximum atomic E-state index is 9.27. The first-order valence-electron chi connectivity index (χ1n) is 5.78. The molecule has 0 amide bonds. The van der Waals surface area contributed by atoms with Crippen LogP contribution in [0.4, 0.5) is 5.69 Å². The molecule has 0 spiro atoms. The first-order chi connectivity index (χ1) is 9.22. The van der Waals surface area contributed by atoms with Gasteiger partial charge in [-0.25, -0.2) is 0 Å². The van der Waals surface area contributed by atoms with Gasteiger partial charge in [0.25, 0.3) is 0 Å². The van der Waals surface area contributed by atoms with Crippen molar-refractivity contribution in [2.24, 2.45) is 0 Å². The monoisotopic (exact) mass is 316 g/mol. The van der Waals surface area contributed by atoms with Crippen LogP contribution in [0.1, 0.15) is 11.6 Å². The number of rotatable bonds is 4. The summed E-state index contributed by atoms with van der Waals surface area (Å²) in [6.07, 6.45) is 0. The molecular weight excluding hydrogens is 304 g/mol. The quantitative estimate of drug-likeness (QED) is 0.922. The predicted octanol–water partition coefficient (Wildman–Crippen LogP) is 4.13. The third-order valence-electron chi connectivity index (χ3n) is 2.73. The van der Waals surface area contributed by atoms with Crippen molar-refractivity contribution in [3.8, 4) is 11.8 Å². The van der Waals surface area contributed by atoms with Crippen molar-refractivity contribution in [2.45, 2.75) is 6.04 Å². The van der Waals surface area contributed by atoms with E-state index in [4.69, 9.17) is 4.74 Å². The maximum Gasteiger partial charge on any atom is 0.140 e. The lowest BCUT2D eigenvalue weighted by Crippen LogP contribution is -2.08. The summed E-state index contributed by atoms with van der Waals surface area (Å²) >= 11 is 3.38. The van der Waals surface area contributed by atoms with Crippen LogP contribution in [0.15, 0.2) is 53.0 Å². The molecule has 0 saturated heterocycles. The lowest BCUT2D eigenvalue weighted by atomic mass is 10.1. The molecule has 0 fully saturated rings. The third-order valence-corrected chi connectivity index (χ3v) is 3.26. The lowest BCUT2D eigenvalue weighted by Gasteiger charge is -2.13. The van der Waals surface area contributed by atoms with E-state index in [0.717, 1.165) is 21.5 Å². The molecule has 0 bridgehead atoms. The summed E-state index contributed by atoms with van der Waals surface area (Å²) in [6, 6.07) is 17.1. The Balaban J connectivity index is 2.15. The van der Waals surface area contributed by atoms with Gasteiger partial charge in [0.05, 0.1) is 13.2 Å². The number of ether oxygens (including phenoxy) is 1. The molecule has 19 heavy (non-hydrogen) atoms. The predicted molar refractivity (Wildman–Crippen MR) is 79.1 cm³/mol. The van der Waals surface area contributed by atoms with Gasteiger partial charge in [-0.05, 0) is 42.0 Å². The number of methoxy groups -OCH3 is 1. The summed E-state index contributed by atoms with van der Waals surface area (Å²) in [5.41, 5.74) is 1.82. The van der Waals surface area contributed by atoms with Crippen LogP contribution in [-0.2, 0) is 0 Å². The number of hydrogen-bond acceptors (Lipinski definition) is 3. The molecule has 0 aliphatic rings. The van der Waals surface area contributed by atoms with E-state index < -0.39 is 0 Å². The number of nitrogens with zero attached hydrogens (tertiary/aromatic N) is 1. The van der Waals surface area contributed by atoms with Gasteiger partial charge in [0, 0.05) is 10.2 Å². The minimum atomic E-state index is -0.382. The van der Waals surface area contributed by atoms with Gasteiger partial charge in [-0.1, -0.05) is 28.1 Å². The first-order valence-corrected chi connectivity index (χ1v) is 6.58. The smallest absolute Gasteiger partial charge is 0.140 e. The molecule has 0 aliphatic carbocycles. The van der Waals surface area contributed by atoms with Gasteiger partial charge in [0.2, 0.25) is 0 Å². The van der Waals surface area contributed by atoms with E-state index in [1.807, 2.05) is 48.5 Å². The van der Waals surface area contributed by atoms with Gasteiger partial charge in [-0.15, -0.1) is 0 Å². The zero-order valence-corrected chi connectivity index (χ0v) is 12.0. The highest BCUT2D eigenvalue weighted by molar-refractivity contribution is 9.10. The van der Waals surface area contributed by atoms with Gasteiger partial charge >= 0.3 is 0 Å². The van der Waals surface area contributed by atoms with Crippen molar-refractivity contribution in [1.82, 2.24) is 0 Å². The van der Waals surface area contributed by atoms with Gasteiger partial charge < -0.3 is 10.1 Å². The molecular formula is C15H13BrN2O. The number of benzene rings is 2. The fourth-order valence-corrected chi connectivity index (χ4v) is 1.96. The molecule has 1 atom stereocenters. The van der Waals surface area contributed by atoms with E-state index in [-0.39, 0.29) is 6.04 Å². The van der Waals surface area contributed by atoms with E-state index in [9.17, 15) is 5.26 Å². The molecule has 1 N–H and O–H groups in total. The average Bonchev–Trinajstić information content (AvgIpc) is 2.47. The van der Waals surface area contributed by atoms with E-state index in [2.05, 4.69) is 27.3 Å². The topological polar surface area (TPSA) is 45.0 Å². The van der Waals surface area contributed by atoms with Crippen molar-refractivity contribution in [3.05, 3.63) is 58.6 Å². The largest absolute Gasteiger partial charge is 0.497 e. The maximum absolute atomic E-state index is 9.27.